The van der Waals surface area contributed by atoms with Gasteiger partial charge in [-0.15, -0.1) is 0 Å². The number of rotatable bonds is 8. The standard InChI is InChI=1S/C19H19N3O6S/c1-26-13-4-2-5-14(12-13)28-17-15(19-21-8-3-9-22-19)6-7-16(29(20,24)25)18(17)27-11-10-23/h2-9,12,23H,10-11H2,1H3,(H2,20,24,25). The Kier molecular flexibility index (Phi) is 6.27. The second kappa shape index (κ2) is 8.86. The van der Waals surface area contributed by atoms with Crippen LogP contribution in [0.25, 0.3) is 11.4 Å². The van der Waals surface area contributed by atoms with Crippen molar-refractivity contribution in [2.24, 2.45) is 5.14 Å². The van der Waals surface area contributed by atoms with E-state index < -0.39 is 10.0 Å². The van der Waals surface area contributed by atoms with Crippen LogP contribution in [0.1, 0.15) is 0 Å². The zero-order valence-corrected chi connectivity index (χ0v) is 16.3. The third-order valence-corrected chi connectivity index (χ3v) is 4.72. The summed E-state index contributed by atoms with van der Waals surface area (Å²) in [6, 6.07) is 11.1. The number of primary sulfonamides is 1. The van der Waals surface area contributed by atoms with Gasteiger partial charge in [-0.3, -0.25) is 0 Å². The van der Waals surface area contributed by atoms with Gasteiger partial charge in [0.1, 0.15) is 23.0 Å². The molecule has 0 saturated carbocycles. The van der Waals surface area contributed by atoms with Crippen molar-refractivity contribution in [1.82, 2.24) is 9.97 Å². The van der Waals surface area contributed by atoms with E-state index in [4.69, 9.17) is 24.5 Å². The molecule has 0 aliphatic heterocycles. The van der Waals surface area contributed by atoms with E-state index in [1.165, 1.54) is 19.2 Å². The number of sulfonamides is 1. The zero-order valence-electron chi connectivity index (χ0n) is 15.5. The van der Waals surface area contributed by atoms with Gasteiger partial charge in [0, 0.05) is 18.5 Å². The molecular formula is C19H19N3O6S. The van der Waals surface area contributed by atoms with Gasteiger partial charge in [-0.1, -0.05) is 6.07 Å². The van der Waals surface area contributed by atoms with E-state index in [9.17, 15) is 8.42 Å². The minimum Gasteiger partial charge on any atom is -0.497 e. The van der Waals surface area contributed by atoms with Gasteiger partial charge in [-0.2, -0.15) is 0 Å². The molecule has 0 radical (unpaired) electrons. The lowest BCUT2D eigenvalue weighted by atomic mass is 10.1. The molecule has 29 heavy (non-hydrogen) atoms. The van der Waals surface area contributed by atoms with E-state index in [0.29, 0.717) is 22.9 Å². The summed E-state index contributed by atoms with van der Waals surface area (Å²) in [6.45, 7) is -0.509. The van der Waals surface area contributed by atoms with Crippen LogP contribution in [-0.4, -0.2) is 43.8 Å². The number of benzene rings is 2. The zero-order chi connectivity index (χ0) is 20.9. The number of ether oxygens (including phenoxy) is 3. The number of aromatic nitrogens is 2. The SMILES string of the molecule is COc1cccc(Oc2c(-c3ncccn3)ccc(S(N)(=O)=O)c2OCCO)c1. The molecule has 0 spiro atoms. The maximum Gasteiger partial charge on any atom is 0.241 e. The lowest BCUT2D eigenvalue weighted by Crippen LogP contribution is -2.16. The van der Waals surface area contributed by atoms with E-state index in [0.717, 1.165) is 0 Å². The molecule has 152 valence electrons. The summed E-state index contributed by atoms with van der Waals surface area (Å²) in [6.07, 6.45) is 3.08. The molecule has 1 aromatic heterocycles. The second-order valence-corrected chi connectivity index (χ2v) is 7.27. The number of hydrogen-bond donors (Lipinski definition) is 2. The molecule has 2 aromatic carbocycles. The third kappa shape index (κ3) is 4.80. The van der Waals surface area contributed by atoms with Crippen LogP contribution in [-0.2, 0) is 10.0 Å². The van der Waals surface area contributed by atoms with Crippen molar-refractivity contribution < 1.29 is 27.7 Å². The summed E-state index contributed by atoms with van der Waals surface area (Å²) in [5.74, 6) is 1.10. The molecule has 0 aliphatic rings. The Morgan fingerprint density at radius 2 is 1.76 bits per heavy atom. The predicted octanol–water partition coefficient (Wildman–Crippen LogP) is 1.96. The Hall–Kier alpha value is -3.21. The molecule has 0 fully saturated rings. The van der Waals surface area contributed by atoms with E-state index in [1.807, 2.05) is 0 Å². The number of nitrogens with zero attached hydrogens (tertiary/aromatic N) is 2. The van der Waals surface area contributed by atoms with Gasteiger partial charge in [-0.25, -0.2) is 23.5 Å². The number of hydrogen-bond acceptors (Lipinski definition) is 8. The van der Waals surface area contributed by atoms with Crippen molar-refractivity contribution in [3.8, 4) is 34.4 Å². The van der Waals surface area contributed by atoms with E-state index >= 15 is 0 Å². The van der Waals surface area contributed by atoms with E-state index in [1.54, 1.807) is 42.7 Å². The van der Waals surface area contributed by atoms with Crippen LogP contribution in [0.15, 0.2) is 59.8 Å². The maximum atomic E-state index is 12.1. The smallest absolute Gasteiger partial charge is 0.241 e. The fourth-order valence-corrected chi connectivity index (χ4v) is 3.22. The van der Waals surface area contributed by atoms with Crippen molar-refractivity contribution in [1.29, 1.82) is 0 Å². The minimum absolute atomic E-state index is 0.0458. The maximum absolute atomic E-state index is 12.1. The van der Waals surface area contributed by atoms with Crippen LogP contribution in [0, 0.1) is 0 Å². The fourth-order valence-electron chi connectivity index (χ4n) is 2.55. The molecule has 3 N–H and O–H groups in total. The monoisotopic (exact) mass is 417 g/mol. The average Bonchev–Trinajstić information content (AvgIpc) is 2.72. The van der Waals surface area contributed by atoms with Crippen LogP contribution >= 0.6 is 0 Å². The van der Waals surface area contributed by atoms with Crippen molar-refractivity contribution in [3.63, 3.8) is 0 Å². The molecule has 10 heteroatoms. The first-order chi connectivity index (χ1) is 13.9. The normalized spacial score (nSPS) is 11.1. The Bertz CT molecular complexity index is 1090. The van der Waals surface area contributed by atoms with Gasteiger partial charge >= 0.3 is 0 Å². The van der Waals surface area contributed by atoms with E-state index in [2.05, 4.69) is 9.97 Å². The highest BCUT2D eigenvalue weighted by atomic mass is 32.2. The lowest BCUT2D eigenvalue weighted by molar-refractivity contribution is 0.194. The third-order valence-electron chi connectivity index (χ3n) is 3.79. The van der Waals surface area contributed by atoms with Crippen LogP contribution in [0.2, 0.25) is 0 Å². The number of aliphatic hydroxyl groups is 1. The van der Waals surface area contributed by atoms with Gasteiger partial charge < -0.3 is 19.3 Å². The summed E-state index contributed by atoms with van der Waals surface area (Å²) < 4.78 is 40.9. The number of aliphatic hydroxyl groups excluding tert-OH is 1. The molecule has 0 atom stereocenters. The Morgan fingerprint density at radius 3 is 2.41 bits per heavy atom. The van der Waals surface area contributed by atoms with Crippen molar-refractivity contribution in [2.75, 3.05) is 20.3 Å². The van der Waals surface area contributed by atoms with Gasteiger partial charge in [-0.05, 0) is 30.3 Å². The lowest BCUT2D eigenvalue weighted by Gasteiger charge is -2.18. The summed E-state index contributed by atoms with van der Waals surface area (Å²) in [5.41, 5.74) is 0.383. The van der Waals surface area contributed by atoms with Crippen LogP contribution in [0.4, 0.5) is 0 Å². The van der Waals surface area contributed by atoms with Crippen molar-refractivity contribution >= 4 is 10.0 Å². The van der Waals surface area contributed by atoms with Crippen molar-refractivity contribution in [2.45, 2.75) is 4.90 Å². The van der Waals surface area contributed by atoms with Crippen LogP contribution in [0.5, 0.6) is 23.0 Å². The summed E-state index contributed by atoms with van der Waals surface area (Å²) >= 11 is 0. The largest absolute Gasteiger partial charge is 0.497 e. The van der Waals surface area contributed by atoms with Crippen LogP contribution < -0.4 is 19.3 Å². The number of nitrogens with two attached hydrogens (primary N) is 1. The highest BCUT2D eigenvalue weighted by molar-refractivity contribution is 7.89. The fraction of sp³-hybridized carbons (Fsp3) is 0.158. The van der Waals surface area contributed by atoms with Gasteiger partial charge in [0.2, 0.25) is 10.0 Å². The Labute approximate surface area is 167 Å². The van der Waals surface area contributed by atoms with E-state index in [-0.39, 0.29) is 29.6 Å². The molecule has 0 bridgehead atoms. The van der Waals surface area contributed by atoms with Crippen LogP contribution in [0.3, 0.4) is 0 Å². The predicted molar refractivity (Wildman–Crippen MR) is 104 cm³/mol. The Morgan fingerprint density at radius 1 is 1.03 bits per heavy atom. The average molecular weight is 417 g/mol. The molecule has 0 amide bonds. The molecule has 3 aromatic rings. The quantitative estimate of drug-likeness (QED) is 0.568. The molecular weight excluding hydrogens is 398 g/mol. The Balaban J connectivity index is 2.24. The topological polar surface area (TPSA) is 134 Å². The van der Waals surface area contributed by atoms with Gasteiger partial charge in [0.15, 0.2) is 17.3 Å². The highest BCUT2D eigenvalue weighted by Gasteiger charge is 2.25. The molecule has 0 saturated heterocycles. The first kappa shape index (κ1) is 20.5. The first-order valence-electron chi connectivity index (χ1n) is 8.47. The molecule has 3 rings (SSSR count). The highest BCUT2D eigenvalue weighted by Crippen LogP contribution is 2.44. The summed E-state index contributed by atoms with van der Waals surface area (Å²) in [4.78, 5) is 8.11. The van der Waals surface area contributed by atoms with Gasteiger partial charge in [0.25, 0.3) is 0 Å². The second-order valence-electron chi connectivity index (χ2n) is 5.74. The number of methoxy groups -OCH3 is 1. The molecule has 0 aliphatic carbocycles. The molecule has 1 heterocycles. The minimum atomic E-state index is -4.14. The summed E-state index contributed by atoms with van der Waals surface area (Å²) in [5, 5.41) is 14.5. The molecule has 9 nitrogen and oxygen atoms in total. The summed E-state index contributed by atoms with van der Waals surface area (Å²) in [7, 11) is -2.63. The molecule has 0 unspecified atom stereocenters. The van der Waals surface area contributed by atoms with Crippen molar-refractivity contribution in [3.05, 3.63) is 54.9 Å². The first-order valence-corrected chi connectivity index (χ1v) is 10.0. The van der Waals surface area contributed by atoms with Gasteiger partial charge in [0.05, 0.1) is 19.3 Å².